The van der Waals surface area contributed by atoms with Crippen LogP contribution in [0.1, 0.15) is 22.3 Å². The summed E-state index contributed by atoms with van der Waals surface area (Å²) in [7, 11) is -0.0624. The molecule has 8 heteroatoms. The average molecular weight is 456 g/mol. The number of aryl methyl sites for hydroxylation is 1. The van der Waals surface area contributed by atoms with Crippen molar-refractivity contribution in [2.75, 3.05) is 30.3 Å². The Morgan fingerprint density at radius 2 is 1.69 bits per heavy atom. The second kappa shape index (κ2) is 10.3. The maximum absolute atomic E-state index is 13.8. The molecule has 0 unspecified atom stereocenters. The van der Waals surface area contributed by atoms with Crippen LogP contribution in [0, 0.1) is 5.82 Å². The van der Waals surface area contributed by atoms with Crippen LogP contribution in [0.3, 0.4) is 0 Å². The molecule has 168 valence electrons. The van der Waals surface area contributed by atoms with Crippen LogP contribution < -0.4 is 14.9 Å². The summed E-state index contributed by atoms with van der Waals surface area (Å²) in [6.07, 6.45) is 1.56. The van der Waals surface area contributed by atoms with Gasteiger partial charge in [-0.05, 0) is 60.9 Å². The molecule has 0 bridgehead atoms. The number of anilines is 2. The Labute approximate surface area is 188 Å². The second-order valence-electron chi connectivity index (χ2n) is 7.53. The summed E-state index contributed by atoms with van der Waals surface area (Å²) in [4.78, 5) is 14.4. The van der Waals surface area contributed by atoms with Crippen molar-refractivity contribution >= 4 is 27.3 Å². The highest BCUT2D eigenvalue weighted by Crippen LogP contribution is 2.19. The zero-order valence-corrected chi connectivity index (χ0v) is 18.8. The van der Waals surface area contributed by atoms with E-state index in [-0.39, 0.29) is 22.1 Å². The molecule has 32 heavy (non-hydrogen) atoms. The number of carbonyl (C=O) groups is 1. The fourth-order valence-electron chi connectivity index (χ4n) is 3.11. The number of hydrogen-bond acceptors (Lipinski definition) is 4. The Morgan fingerprint density at radius 3 is 2.38 bits per heavy atom. The van der Waals surface area contributed by atoms with Crippen LogP contribution in [-0.4, -0.2) is 35.0 Å². The van der Waals surface area contributed by atoms with Gasteiger partial charge in [0.15, 0.2) is 0 Å². The Hall–Kier alpha value is -3.39. The van der Waals surface area contributed by atoms with Gasteiger partial charge in [0.1, 0.15) is 5.82 Å². The van der Waals surface area contributed by atoms with Gasteiger partial charge in [-0.2, -0.15) is 0 Å². The lowest BCUT2D eigenvalue weighted by atomic mass is 10.1. The highest BCUT2D eigenvalue weighted by molar-refractivity contribution is 7.92. The van der Waals surface area contributed by atoms with E-state index in [1.54, 1.807) is 0 Å². The lowest BCUT2D eigenvalue weighted by molar-refractivity contribution is 0.0953. The summed E-state index contributed by atoms with van der Waals surface area (Å²) in [5.74, 6) is -1.04. The van der Waals surface area contributed by atoms with Gasteiger partial charge in [0.2, 0.25) is 0 Å². The summed E-state index contributed by atoms with van der Waals surface area (Å²) >= 11 is 0. The zero-order chi connectivity index (χ0) is 23.1. The standard InChI is InChI=1S/C24H26FN3O3S/c1-28(2)20-14-12-18(13-15-20)7-6-16-26-24(29)19-8-5-9-21(17-19)32(30,31)27-23-11-4-3-10-22(23)25/h3-5,8-15,17,27H,6-7,16H2,1-2H3,(H,26,29). The van der Waals surface area contributed by atoms with Crippen molar-refractivity contribution in [2.24, 2.45) is 0 Å². The molecule has 0 heterocycles. The van der Waals surface area contributed by atoms with Crippen LogP contribution in [0.25, 0.3) is 0 Å². The third-order valence-electron chi connectivity index (χ3n) is 4.91. The van der Waals surface area contributed by atoms with Crippen molar-refractivity contribution in [3.05, 3.63) is 89.7 Å². The molecule has 0 saturated carbocycles. The molecule has 3 aromatic carbocycles. The molecule has 0 aliphatic heterocycles. The number of carbonyl (C=O) groups excluding carboxylic acids is 1. The number of halogens is 1. The van der Waals surface area contributed by atoms with Crippen LogP contribution in [0.2, 0.25) is 0 Å². The summed E-state index contributed by atoms with van der Waals surface area (Å²) in [5, 5.41) is 2.81. The first-order valence-electron chi connectivity index (χ1n) is 10.2. The average Bonchev–Trinajstić information content (AvgIpc) is 2.78. The molecule has 0 aliphatic carbocycles. The molecular formula is C24H26FN3O3S. The van der Waals surface area contributed by atoms with E-state index in [2.05, 4.69) is 34.3 Å². The molecule has 0 saturated heterocycles. The van der Waals surface area contributed by atoms with Crippen LogP contribution in [0.15, 0.2) is 77.7 Å². The number of para-hydroxylation sites is 1. The summed E-state index contributed by atoms with van der Waals surface area (Å²) in [6.45, 7) is 0.457. The lowest BCUT2D eigenvalue weighted by Crippen LogP contribution is -2.25. The van der Waals surface area contributed by atoms with Crippen LogP contribution in [0.4, 0.5) is 15.8 Å². The predicted molar refractivity (Wildman–Crippen MR) is 125 cm³/mol. The number of amides is 1. The van der Waals surface area contributed by atoms with Crippen molar-refractivity contribution in [3.63, 3.8) is 0 Å². The highest BCUT2D eigenvalue weighted by Gasteiger charge is 2.18. The molecule has 1 amide bonds. The number of sulfonamides is 1. The van der Waals surface area contributed by atoms with Gasteiger partial charge in [0, 0.05) is 31.9 Å². The number of hydrogen-bond donors (Lipinski definition) is 2. The second-order valence-corrected chi connectivity index (χ2v) is 9.22. The van der Waals surface area contributed by atoms with Gasteiger partial charge in [0.05, 0.1) is 10.6 Å². The van der Waals surface area contributed by atoms with Crippen molar-refractivity contribution in [1.82, 2.24) is 5.32 Å². The molecule has 0 spiro atoms. The molecule has 0 aromatic heterocycles. The monoisotopic (exact) mass is 455 g/mol. The number of rotatable bonds is 9. The Bertz CT molecular complexity index is 1180. The van der Waals surface area contributed by atoms with Gasteiger partial charge < -0.3 is 10.2 Å². The van der Waals surface area contributed by atoms with Gasteiger partial charge in [-0.3, -0.25) is 9.52 Å². The first-order valence-corrected chi connectivity index (χ1v) is 11.7. The topological polar surface area (TPSA) is 78.5 Å². The molecule has 0 radical (unpaired) electrons. The smallest absolute Gasteiger partial charge is 0.262 e. The molecule has 3 rings (SSSR count). The van der Waals surface area contributed by atoms with Gasteiger partial charge >= 0.3 is 0 Å². The van der Waals surface area contributed by atoms with E-state index in [0.717, 1.165) is 18.5 Å². The van der Waals surface area contributed by atoms with Gasteiger partial charge in [-0.25, -0.2) is 12.8 Å². The largest absolute Gasteiger partial charge is 0.378 e. The molecule has 6 nitrogen and oxygen atoms in total. The number of nitrogens with one attached hydrogen (secondary N) is 2. The predicted octanol–water partition coefficient (Wildman–Crippen LogP) is 4.06. The fraction of sp³-hybridized carbons (Fsp3) is 0.208. The van der Waals surface area contributed by atoms with Crippen molar-refractivity contribution < 1.29 is 17.6 Å². The van der Waals surface area contributed by atoms with Crippen LogP contribution in [0.5, 0.6) is 0 Å². The van der Waals surface area contributed by atoms with Crippen LogP contribution in [-0.2, 0) is 16.4 Å². The van der Waals surface area contributed by atoms with E-state index < -0.39 is 15.8 Å². The maximum Gasteiger partial charge on any atom is 0.262 e. The maximum atomic E-state index is 13.8. The molecule has 3 aromatic rings. The van der Waals surface area contributed by atoms with Gasteiger partial charge in [-0.1, -0.05) is 30.3 Å². The molecule has 0 atom stereocenters. The zero-order valence-electron chi connectivity index (χ0n) is 18.0. The first-order chi connectivity index (χ1) is 15.3. The third-order valence-corrected chi connectivity index (χ3v) is 6.27. The van der Waals surface area contributed by atoms with E-state index >= 15 is 0 Å². The minimum Gasteiger partial charge on any atom is -0.378 e. The summed E-state index contributed by atoms with van der Waals surface area (Å²) in [6, 6.07) is 19.4. The minimum atomic E-state index is -4.04. The van der Waals surface area contributed by atoms with Crippen molar-refractivity contribution in [1.29, 1.82) is 0 Å². The van der Waals surface area contributed by atoms with Crippen molar-refractivity contribution in [2.45, 2.75) is 17.7 Å². The molecule has 0 aliphatic rings. The Morgan fingerprint density at radius 1 is 0.969 bits per heavy atom. The lowest BCUT2D eigenvalue weighted by Gasteiger charge is -2.12. The quantitative estimate of drug-likeness (QED) is 0.477. The van der Waals surface area contributed by atoms with Gasteiger partial charge in [0.25, 0.3) is 15.9 Å². The van der Waals surface area contributed by atoms with E-state index in [1.165, 1.54) is 54.1 Å². The SMILES string of the molecule is CN(C)c1ccc(CCCNC(=O)c2cccc(S(=O)(=O)Nc3ccccc3F)c2)cc1. The minimum absolute atomic E-state index is 0.116. The van der Waals surface area contributed by atoms with Crippen molar-refractivity contribution in [3.8, 4) is 0 Å². The third kappa shape index (κ3) is 6.07. The Kier molecular flexibility index (Phi) is 7.48. The fourth-order valence-corrected chi connectivity index (χ4v) is 4.22. The highest BCUT2D eigenvalue weighted by atomic mass is 32.2. The number of nitrogens with zero attached hydrogens (tertiary/aromatic N) is 1. The van der Waals surface area contributed by atoms with E-state index in [9.17, 15) is 17.6 Å². The molecule has 2 N–H and O–H groups in total. The summed E-state index contributed by atoms with van der Waals surface area (Å²) < 4.78 is 41.2. The first kappa shape index (κ1) is 23.3. The molecular weight excluding hydrogens is 429 g/mol. The van der Waals surface area contributed by atoms with Gasteiger partial charge in [-0.15, -0.1) is 0 Å². The van der Waals surface area contributed by atoms with Crippen LogP contribution >= 0.6 is 0 Å². The normalized spacial score (nSPS) is 11.1. The Balaban J connectivity index is 1.57. The number of benzene rings is 3. The molecule has 0 fully saturated rings. The van der Waals surface area contributed by atoms with E-state index in [4.69, 9.17) is 0 Å². The van der Waals surface area contributed by atoms with E-state index in [1.807, 2.05) is 19.0 Å². The van der Waals surface area contributed by atoms with E-state index in [0.29, 0.717) is 6.54 Å². The summed E-state index contributed by atoms with van der Waals surface area (Å²) in [5.41, 5.74) is 2.37.